The monoisotopic (exact) mass is 234 g/mol. The molecule has 0 bridgehead atoms. The highest BCUT2D eigenvalue weighted by Crippen LogP contribution is 2.23. The first-order valence-electron chi connectivity index (χ1n) is 5.05. The molecule has 0 spiro atoms. The first-order chi connectivity index (χ1) is 8.19. The van der Waals surface area contributed by atoms with Crippen molar-refractivity contribution in [3.63, 3.8) is 0 Å². The molecule has 1 aromatic heterocycles. The zero-order valence-corrected chi connectivity index (χ0v) is 9.22. The van der Waals surface area contributed by atoms with Gasteiger partial charge in [0.05, 0.1) is 24.7 Å². The van der Waals surface area contributed by atoms with Crippen LogP contribution in [0.2, 0.25) is 0 Å². The zero-order chi connectivity index (χ0) is 12.3. The number of nitrogens with zero attached hydrogens (tertiary/aromatic N) is 2. The van der Waals surface area contributed by atoms with E-state index in [0.717, 1.165) is 5.56 Å². The lowest BCUT2D eigenvalue weighted by Gasteiger charge is -2.07. The summed E-state index contributed by atoms with van der Waals surface area (Å²) in [5.41, 5.74) is 1.19. The van der Waals surface area contributed by atoms with Gasteiger partial charge in [0.25, 0.3) is 0 Å². The van der Waals surface area contributed by atoms with E-state index in [1.54, 1.807) is 13.0 Å². The molecule has 0 aliphatic rings. The molecule has 5 heteroatoms. The van der Waals surface area contributed by atoms with Crippen molar-refractivity contribution in [2.45, 2.75) is 13.5 Å². The lowest BCUT2D eigenvalue weighted by Crippen LogP contribution is -1.96. The highest BCUT2D eigenvalue weighted by Gasteiger charge is 2.05. The molecule has 88 valence electrons. The molecule has 0 fully saturated rings. The Morgan fingerprint density at radius 1 is 1.35 bits per heavy atom. The van der Waals surface area contributed by atoms with E-state index in [1.807, 2.05) is 0 Å². The Morgan fingerprint density at radius 2 is 2.18 bits per heavy atom. The third-order valence-corrected chi connectivity index (χ3v) is 2.19. The van der Waals surface area contributed by atoms with Crippen molar-refractivity contribution in [3.05, 3.63) is 47.7 Å². The smallest absolute Gasteiger partial charge is 0.238 e. The quantitative estimate of drug-likeness (QED) is 0.884. The summed E-state index contributed by atoms with van der Waals surface area (Å²) in [7, 11) is 0. The average molecular weight is 234 g/mol. The molecule has 1 N–H and O–H groups in total. The standard InChI is InChI=1S/C12H11FN2O2/c1-8-2-3-9(13)4-11(8)17-12-6-14-5-10(7-16)15-12/h2-6,16H,7H2,1H3. The van der Waals surface area contributed by atoms with Crippen LogP contribution in [0.1, 0.15) is 11.3 Å². The second-order valence-corrected chi connectivity index (χ2v) is 3.52. The van der Waals surface area contributed by atoms with Gasteiger partial charge >= 0.3 is 0 Å². The molecule has 0 saturated carbocycles. The lowest BCUT2D eigenvalue weighted by molar-refractivity contribution is 0.274. The molecule has 0 saturated heterocycles. The van der Waals surface area contributed by atoms with Gasteiger partial charge in [0.1, 0.15) is 11.6 Å². The van der Waals surface area contributed by atoms with Crippen LogP contribution in [0, 0.1) is 12.7 Å². The molecule has 17 heavy (non-hydrogen) atoms. The maximum Gasteiger partial charge on any atom is 0.238 e. The normalized spacial score (nSPS) is 10.3. The number of halogens is 1. The summed E-state index contributed by atoms with van der Waals surface area (Å²) in [5.74, 6) is 0.233. The van der Waals surface area contributed by atoms with Crippen molar-refractivity contribution in [2.24, 2.45) is 0 Å². The molecule has 1 heterocycles. The topological polar surface area (TPSA) is 55.2 Å². The van der Waals surface area contributed by atoms with Crippen molar-refractivity contribution >= 4 is 0 Å². The number of aliphatic hydroxyl groups is 1. The fourth-order valence-corrected chi connectivity index (χ4v) is 1.31. The van der Waals surface area contributed by atoms with Crippen molar-refractivity contribution in [1.82, 2.24) is 9.97 Å². The minimum atomic E-state index is -0.378. The number of benzene rings is 1. The SMILES string of the molecule is Cc1ccc(F)cc1Oc1cncc(CO)n1. The minimum absolute atomic E-state index is 0.216. The van der Waals surface area contributed by atoms with Gasteiger partial charge < -0.3 is 9.84 Å². The fraction of sp³-hybridized carbons (Fsp3) is 0.167. The molecule has 2 rings (SSSR count). The summed E-state index contributed by atoms with van der Waals surface area (Å²) in [6, 6.07) is 4.26. The summed E-state index contributed by atoms with van der Waals surface area (Å²) in [4.78, 5) is 7.86. The van der Waals surface area contributed by atoms with Crippen LogP contribution in [0.5, 0.6) is 11.6 Å². The summed E-state index contributed by atoms with van der Waals surface area (Å²) in [5, 5.41) is 8.91. The Kier molecular flexibility index (Phi) is 3.30. The summed E-state index contributed by atoms with van der Waals surface area (Å²) in [6.07, 6.45) is 2.84. The molecule has 0 atom stereocenters. The van der Waals surface area contributed by atoms with Crippen LogP contribution in [0.25, 0.3) is 0 Å². The molecule has 0 unspecified atom stereocenters. The second kappa shape index (κ2) is 4.88. The van der Waals surface area contributed by atoms with Crippen LogP contribution in [0.3, 0.4) is 0 Å². The minimum Gasteiger partial charge on any atom is -0.437 e. The lowest BCUT2D eigenvalue weighted by atomic mass is 10.2. The van der Waals surface area contributed by atoms with Gasteiger partial charge in [0, 0.05) is 6.07 Å². The number of aromatic nitrogens is 2. The summed E-state index contributed by atoms with van der Waals surface area (Å²) >= 11 is 0. The van der Waals surface area contributed by atoms with E-state index in [0.29, 0.717) is 11.4 Å². The van der Waals surface area contributed by atoms with Crippen LogP contribution in [-0.4, -0.2) is 15.1 Å². The third kappa shape index (κ3) is 2.76. The molecule has 2 aromatic rings. The highest BCUT2D eigenvalue weighted by atomic mass is 19.1. The van der Waals surface area contributed by atoms with Crippen LogP contribution in [0.15, 0.2) is 30.6 Å². The van der Waals surface area contributed by atoms with Crippen LogP contribution < -0.4 is 4.74 Å². The van der Waals surface area contributed by atoms with Crippen LogP contribution >= 0.6 is 0 Å². The van der Waals surface area contributed by atoms with Gasteiger partial charge in [-0.2, -0.15) is 0 Å². The first kappa shape index (κ1) is 11.5. The van der Waals surface area contributed by atoms with Gasteiger partial charge in [0.15, 0.2) is 0 Å². The van der Waals surface area contributed by atoms with E-state index in [9.17, 15) is 4.39 Å². The van der Waals surface area contributed by atoms with Gasteiger partial charge in [-0.3, -0.25) is 4.98 Å². The van der Waals surface area contributed by atoms with Crippen LogP contribution in [-0.2, 0) is 6.61 Å². The molecule has 0 amide bonds. The molecule has 0 radical (unpaired) electrons. The number of aryl methyl sites for hydroxylation is 1. The Hall–Kier alpha value is -2.01. The first-order valence-corrected chi connectivity index (χ1v) is 5.05. The Morgan fingerprint density at radius 3 is 2.94 bits per heavy atom. The largest absolute Gasteiger partial charge is 0.437 e. The number of hydrogen-bond donors (Lipinski definition) is 1. The fourth-order valence-electron chi connectivity index (χ4n) is 1.31. The maximum absolute atomic E-state index is 13.0. The number of rotatable bonds is 3. The Labute approximate surface area is 97.7 Å². The van der Waals surface area contributed by atoms with Crippen molar-refractivity contribution < 1.29 is 14.2 Å². The molecule has 1 aromatic carbocycles. The third-order valence-electron chi connectivity index (χ3n) is 2.19. The van der Waals surface area contributed by atoms with Crippen molar-refractivity contribution in [3.8, 4) is 11.6 Å². The van der Waals surface area contributed by atoms with E-state index >= 15 is 0 Å². The van der Waals surface area contributed by atoms with Gasteiger partial charge in [-0.05, 0) is 18.6 Å². The van der Waals surface area contributed by atoms with E-state index in [4.69, 9.17) is 9.84 Å². The summed E-state index contributed by atoms with van der Waals surface area (Å²) < 4.78 is 18.4. The molecule has 4 nitrogen and oxygen atoms in total. The number of ether oxygens (including phenoxy) is 1. The van der Waals surface area contributed by atoms with Crippen LogP contribution in [0.4, 0.5) is 4.39 Å². The average Bonchev–Trinajstić information content (AvgIpc) is 2.34. The predicted molar refractivity (Wildman–Crippen MR) is 59.2 cm³/mol. The van der Waals surface area contributed by atoms with Crippen molar-refractivity contribution in [1.29, 1.82) is 0 Å². The van der Waals surface area contributed by atoms with Gasteiger partial charge in [0.2, 0.25) is 5.88 Å². The highest BCUT2D eigenvalue weighted by molar-refractivity contribution is 5.35. The van der Waals surface area contributed by atoms with Gasteiger partial charge in [-0.25, -0.2) is 9.37 Å². The molecular formula is C12H11FN2O2. The number of aliphatic hydroxyl groups excluding tert-OH is 1. The van der Waals surface area contributed by atoms with Crippen molar-refractivity contribution in [2.75, 3.05) is 0 Å². The van der Waals surface area contributed by atoms with Gasteiger partial charge in [-0.1, -0.05) is 6.07 Å². The second-order valence-electron chi connectivity index (χ2n) is 3.52. The van der Waals surface area contributed by atoms with E-state index < -0.39 is 0 Å². The molecule has 0 aliphatic carbocycles. The molecule has 0 aliphatic heterocycles. The summed E-state index contributed by atoms with van der Waals surface area (Å²) in [6.45, 7) is 1.59. The Balaban J connectivity index is 2.27. The van der Waals surface area contributed by atoms with E-state index in [2.05, 4.69) is 9.97 Å². The van der Waals surface area contributed by atoms with E-state index in [-0.39, 0.29) is 18.3 Å². The maximum atomic E-state index is 13.0. The Bertz CT molecular complexity index is 532. The predicted octanol–water partition coefficient (Wildman–Crippen LogP) is 2.21. The zero-order valence-electron chi connectivity index (χ0n) is 9.22. The molecular weight excluding hydrogens is 223 g/mol. The van der Waals surface area contributed by atoms with Gasteiger partial charge in [-0.15, -0.1) is 0 Å². The van der Waals surface area contributed by atoms with E-state index in [1.165, 1.54) is 24.5 Å². The number of hydrogen-bond acceptors (Lipinski definition) is 4.